The molecule has 0 saturated heterocycles. The second kappa shape index (κ2) is 7.04. The van der Waals surface area contributed by atoms with E-state index in [2.05, 4.69) is 31.0 Å². The van der Waals surface area contributed by atoms with E-state index in [0.29, 0.717) is 30.6 Å². The molecule has 0 spiro atoms. The van der Waals surface area contributed by atoms with Crippen LogP contribution in [-0.2, 0) is 6.42 Å². The van der Waals surface area contributed by atoms with Crippen LogP contribution in [0.5, 0.6) is 0 Å². The van der Waals surface area contributed by atoms with Crippen molar-refractivity contribution in [2.45, 2.75) is 31.4 Å². The number of rotatable bonds is 6. The van der Waals surface area contributed by atoms with E-state index < -0.39 is 0 Å². The summed E-state index contributed by atoms with van der Waals surface area (Å²) in [6, 6.07) is 9.95. The number of aromatic amines is 1. The van der Waals surface area contributed by atoms with Gasteiger partial charge in [0, 0.05) is 6.04 Å². The molecule has 1 saturated carbocycles. The third-order valence-corrected chi connectivity index (χ3v) is 4.78. The van der Waals surface area contributed by atoms with Gasteiger partial charge in [0.05, 0.1) is 12.3 Å². The molecular weight excluding hydrogens is 334 g/mol. The lowest BCUT2D eigenvalue weighted by Gasteiger charge is -2.38. The molecule has 9 heteroatoms. The second-order valence-corrected chi connectivity index (χ2v) is 6.54. The van der Waals surface area contributed by atoms with Gasteiger partial charge in [-0.05, 0) is 41.2 Å². The minimum Gasteiger partial charge on any atom is -0.393 e. The monoisotopic (exact) mass is 353 g/mol. The molecule has 1 amide bonds. The van der Waals surface area contributed by atoms with Gasteiger partial charge in [-0.25, -0.2) is 0 Å². The van der Waals surface area contributed by atoms with Crippen molar-refractivity contribution >= 4 is 5.91 Å². The lowest BCUT2D eigenvalue weighted by Crippen LogP contribution is -2.48. The van der Waals surface area contributed by atoms with Gasteiger partial charge in [0.25, 0.3) is 5.91 Å². The molecule has 1 aromatic carbocycles. The first-order valence-electron chi connectivity index (χ1n) is 8.50. The van der Waals surface area contributed by atoms with Crippen molar-refractivity contribution in [1.82, 2.24) is 35.7 Å². The van der Waals surface area contributed by atoms with Gasteiger partial charge in [-0.2, -0.15) is 9.78 Å². The van der Waals surface area contributed by atoms with E-state index in [0.717, 1.165) is 5.56 Å². The lowest BCUT2D eigenvalue weighted by molar-refractivity contribution is 0.0239. The molecule has 1 unspecified atom stereocenters. The van der Waals surface area contributed by atoms with E-state index in [4.69, 9.17) is 0 Å². The van der Waals surface area contributed by atoms with Gasteiger partial charge in [0.15, 0.2) is 5.82 Å². The third kappa shape index (κ3) is 3.33. The number of hydrogen-bond donors (Lipinski definition) is 3. The molecular formula is C17H19N7O2. The van der Waals surface area contributed by atoms with E-state index >= 15 is 0 Å². The van der Waals surface area contributed by atoms with Crippen LogP contribution in [-0.4, -0.2) is 53.6 Å². The molecule has 1 fully saturated rings. The Bertz CT molecular complexity index is 856. The number of amides is 1. The molecule has 0 aliphatic heterocycles. The summed E-state index contributed by atoms with van der Waals surface area (Å²) in [5.41, 5.74) is 1.52. The highest BCUT2D eigenvalue weighted by Gasteiger charge is 2.35. The number of aromatic nitrogens is 6. The smallest absolute Gasteiger partial charge is 0.256 e. The number of tetrazole rings is 1. The molecule has 26 heavy (non-hydrogen) atoms. The number of nitrogens with one attached hydrogen (secondary N) is 2. The number of aliphatic hydroxyl groups is 1. The standard InChI is InChI=1S/C17H19N7O2/c25-13-7-12(8-13)15(6-11-4-2-1-3-5-11)20-17(26)14-9-18-21-16(14)24-10-19-22-23-24/h1-5,9-10,12-13,15,25H,6-8H2,(H,18,21)(H,20,26). The maximum absolute atomic E-state index is 12.8. The molecule has 1 aliphatic rings. The third-order valence-electron chi connectivity index (χ3n) is 4.78. The Kier molecular flexibility index (Phi) is 4.44. The SMILES string of the molecule is O=C(NC(Cc1ccccc1)C1CC(O)C1)c1cn[nH]c1-n1cnnn1. The van der Waals surface area contributed by atoms with Crippen molar-refractivity contribution in [2.24, 2.45) is 5.92 Å². The van der Waals surface area contributed by atoms with Gasteiger partial charge < -0.3 is 10.4 Å². The van der Waals surface area contributed by atoms with Crippen LogP contribution in [0, 0.1) is 5.92 Å². The number of nitrogens with zero attached hydrogens (tertiary/aromatic N) is 5. The molecule has 3 N–H and O–H groups in total. The van der Waals surface area contributed by atoms with Crippen LogP contribution in [0.2, 0.25) is 0 Å². The van der Waals surface area contributed by atoms with Crippen LogP contribution < -0.4 is 5.32 Å². The van der Waals surface area contributed by atoms with Gasteiger partial charge >= 0.3 is 0 Å². The Morgan fingerprint density at radius 2 is 2.15 bits per heavy atom. The molecule has 3 aromatic rings. The Labute approximate surface area is 149 Å². The highest BCUT2D eigenvalue weighted by atomic mass is 16.3. The van der Waals surface area contributed by atoms with E-state index in [9.17, 15) is 9.90 Å². The second-order valence-electron chi connectivity index (χ2n) is 6.54. The highest BCUT2D eigenvalue weighted by Crippen LogP contribution is 2.32. The fraction of sp³-hybridized carbons (Fsp3) is 0.353. The Morgan fingerprint density at radius 3 is 2.85 bits per heavy atom. The van der Waals surface area contributed by atoms with Gasteiger partial charge in [0.2, 0.25) is 0 Å². The molecule has 2 aromatic heterocycles. The number of carbonyl (C=O) groups excluding carboxylic acids is 1. The number of H-pyrrole nitrogens is 1. The largest absolute Gasteiger partial charge is 0.393 e. The summed E-state index contributed by atoms with van der Waals surface area (Å²) < 4.78 is 1.36. The zero-order valence-electron chi connectivity index (χ0n) is 14.0. The first kappa shape index (κ1) is 16.4. The minimum atomic E-state index is -0.277. The van der Waals surface area contributed by atoms with Crippen molar-refractivity contribution < 1.29 is 9.90 Å². The summed E-state index contributed by atoms with van der Waals surface area (Å²) in [7, 11) is 0. The van der Waals surface area contributed by atoms with E-state index in [1.54, 1.807) is 0 Å². The minimum absolute atomic E-state index is 0.0649. The van der Waals surface area contributed by atoms with Crippen molar-refractivity contribution in [3.63, 3.8) is 0 Å². The summed E-state index contributed by atoms with van der Waals surface area (Å²) in [5, 5.41) is 30.4. The van der Waals surface area contributed by atoms with Crippen LogP contribution in [0.15, 0.2) is 42.9 Å². The van der Waals surface area contributed by atoms with Crippen molar-refractivity contribution in [1.29, 1.82) is 0 Å². The van der Waals surface area contributed by atoms with Crippen LogP contribution in [0.25, 0.3) is 5.82 Å². The van der Waals surface area contributed by atoms with E-state index in [1.165, 1.54) is 17.2 Å². The molecule has 1 atom stereocenters. The molecule has 0 bridgehead atoms. The van der Waals surface area contributed by atoms with Crippen LogP contribution in [0.3, 0.4) is 0 Å². The molecule has 2 heterocycles. The fourth-order valence-corrected chi connectivity index (χ4v) is 3.29. The van der Waals surface area contributed by atoms with Gasteiger partial charge in [0.1, 0.15) is 11.9 Å². The average Bonchev–Trinajstić information content (AvgIpc) is 3.30. The number of benzene rings is 1. The van der Waals surface area contributed by atoms with E-state index in [-0.39, 0.29) is 24.0 Å². The maximum Gasteiger partial charge on any atom is 0.256 e. The highest BCUT2D eigenvalue weighted by molar-refractivity contribution is 5.97. The number of hydrogen-bond acceptors (Lipinski definition) is 6. The van der Waals surface area contributed by atoms with Crippen LogP contribution >= 0.6 is 0 Å². The van der Waals surface area contributed by atoms with Gasteiger partial charge in [-0.1, -0.05) is 30.3 Å². The maximum atomic E-state index is 12.8. The first-order valence-corrected chi connectivity index (χ1v) is 8.50. The van der Waals surface area contributed by atoms with Gasteiger partial charge in [-0.15, -0.1) is 5.10 Å². The molecule has 0 radical (unpaired) electrons. The number of carbonyl (C=O) groups is 1. The quantitative estimate of drug-likeness (QED) is 0.593. The van der Waals surface area contributed by atoms with Crippen LogP contribution in [0.1, 0.15) is 28.8 Å². The summed E-state index contributed by atoms with van der Waals surface area (Å²) in [6.45, 7) is 0. The Hall–Kier alpha value is -3.07. The average molecular weight is 353 g/mol. The Balaban J connectivity index is 1.52. The summed E-state index contributed by atoms with van der Waals surface area (Å²) >= 11 is 0. The molecule has 1 aliphatic carbocycles. The summed E-state index contributed by atoms with van der Waals surface area (Å²) in [4.78, 5) is 12.8. The normalized spacial score (nSPS) is 20.3. The zero-order valence-corrected chi connectivity index (χ0v) is 14.0. The van der Waals surface area contributed by atoms with Crippen LogP contribution in [0.4, 0.5) is 0 Å². The first-order chi connectivity index (χ1) is 12.7. The zero-order chi connectivity index (χ0) is 17.9. The Morgan fingerprint density at radius 1 is 1.35 bits per heavy atom. The lowest BCUT2D eigenvalue weighted by atomic mass is 9.75. The van der Waals surface area contributed by atoms with Crippen molar-refractivity contribution in [3.8, 4) is 5.82 Å². The predicted molar refractivity (Wildman–Crippen MR) is 91.4 cm³/mol. The van der Waals surface area contributed by atoms with Gasteiger partial charge in [-0.3, -0.25) is 9.89 Å². The molecule has 4 rings (SSSR count). The number of aliphatic hydroxyl groups excluding tert-OH is 1. The van der Waals surface area contributed by atoms with E-state index in [1.807, 2.05) is 30.3 Å². The predicted octanol–water partition coefficient (Wildman–Crippen LogP) is 0.497. The molecule has 9 nitrogen and oxygen atoms in total. The van der Waals surface area contributed by atoms with Crippen molar-refractivity contribution in [3.05, 3.63) is 54.0 Å². The van der Waals surface area contributed by atoms with Crippen molar-refractivity contribution in [2.75, 3.05) is 0 Å². The summed E-state index contributed by atoms with van der Waals surface area (Å²) in [5.74, 6) is 0.420. The fourth-order valence-electron chi connectivity index (χ4n) is 3.29. The molecule has 134 valence electrons. The topological polar surface area (TPSA) is 122 Å². The summed E-state index contributed by atoms with van der Waals surface area (Å²) in [6.07, 6.45) is 4.68.